The maximum Gasteiger partial charge on any atom is 0.295 e. The van der Waals surface area contributed by atoms with Crippen LogP contribution in [0.1, 0.15) is 17.2 Å². The molecule has 0 spiro atoms. The first-order valence-corrected chi connectivity index (χ1v) is 9.70. The molecule has 10 nitrogen and oxygen atoms in total. The summed E-state index contributed by atoms with van der Waals surface area (Å²) < 4.78 is 5.04. The Morgan fingerprint density at radius 1 is 1.22 bits per heavy atom. The largest absolute Gasteiger partial charge is 0.507 e. The third-order valence-electron chi connectivity index (χ3n) is 5.18. The van der Waals surface area contributed by atoms with Crippen molar-refractivity contribution in [1.29, 1.82) is 0 Å². The van der Waals surface area contributed by atoms with E-state index in [1.807, 2.05) is 4.90 Å². The molecule has 3 rings (SSSR count). The Morgan fingerprint density at radius 2 is 1.94 bits per heavy atom. The number of phenolic OH excluding ortho intramolecular Hbond substituents is 1. The molecule has 1 aliphatic heterocycles. The SMILES string of the molecule is COc1ccc(C(O)=C2C(=O)C(=O)N(CCN(C)C)C2c2cccc([N+](=O)[O-])c2)c(O)c1. The number of methoxy groups -OCH3 is 1. The van der Waals surface area contributed by atoms with Gasteiger partial charge in [-0.15, -0.1) is 0 Å². The standard InChI is InChI=1S/C22H23N3O7/c1-23(2)9-10-24-19(13-5-4-6-14(11-13)25(30)31)18(21(28)22(24)29)20(27)16-8-7-15(32-3)12-17(16)26/h4-8,11-12,19,26-27H,9-10H2,1-3H3. The first-order valence-electron chi connectivity index (χ1n) is 9.70. The van der Waals surface area contributed by atoms with Gasteiger partial charge in [0.2, 0.25) is 0 Å². The Balaban J connectivity index is 2.20. The topological polar surface area (TPSA) is 133 Å². The van der Waals surface area contributed by atoms with Gasteiger partial charge in [-0.05, 0) is 31.8 Å². The number of aliphatic hydroxyl groups excluding tert-OH is 1. The molecule has 0 radical (unpaired) electrons. The van der Waals surface area contributed by atoms with E-state index in [2.05, 4.69) is 0 Å². The van der Waals surface area contributed by atoms with Crippen LogP contribution in [0.2, 0.25) is 0 Å². The molecule has 2 aromatic carbocycles. The maximum atomic E-state index is 12.9. The summed E-state index contributed by atoms with van der Waals surface area (Å²) in [6.07, 6.45) is 0. The van der Waals surface area contributed by atoms with Gasteiger partial charge in [-0.25, -0.2) is 0 Å². The number of non-ortho nitro benzene ring substituents is 1. The number of likely N-dealkylation sites (N-methyl/N-ethyl adjacent to an activating group) is 1. The summed E-state index contributed by atoms with van der Waals surface area (Å²) in [5.41, 5.74) is -0.235. The summed E-state index contributed by atoms with van der Waals surface area (Å²) in [5.74, 6) is -2.36. The van der Waals surface area contributed by atoms with E-state index in [9.17, 15) is 29.9 Å². The number of likely N-dealkylation sites (tertiary alicyclic amines) is 1. The van der Waals surface area contributed by atoms with Crippen molar-refractivity contribution in [3.05, 3.63) is 69.3 Å². The molecule has 0 aliphatic carbocycles. The van der Waals surface area contributed by atoms with Gasteiger partial charge >= 0.3 is 0 Å². The smallest absolute Gasteiger partial charge is 0.295 e. The van der Waals surface area contributed by atoms with Crippen LogP contribution >= 0.6 is 0 Å². The lowest BCUT2D eigenvalue weighted by molar-refractivity contribution is -0.384. The molecule has 2 N–H and O–H groups in total. The normalized spacial score (nSPS) is 17.8. The molecule has 1 saturated heterocycles. The van der Waals surface area contributed by atoms with Crippen molar-refractivity contribution < 1.29 is 29.5 Å². The van der Waals surface area contributed by atoms with Crippen LogP contribution in [0.15, 0.2) is 48.0 Å². The second kappa shape index (κ2) is 9.06. The van der Waals surface area contributed by atoms with E-state index in [4.69, 9.17) is 4.74 Å². The first-order chi connectivity index (χ1) is 15.1. The lowest BCUT2D eigenvalue weighted by Crippen LogP contribution is -2.35. The van der Waals surface area contributed by atoms with Gasteiger partial charge in [0, 0.05) is 31.3 Å². The molecule has 1 unspecified atom stereocenters. The highest BCUT2D eigenvalue weighted by Crippen LogP contribution is 2.41. The minimum atomic E-state index is -1.06. The molecule has 2 aromatic rings. The number of phenols is 1. The average Bonchev–Trinajstić information content (AvgIpc) is 3.01. The number of benzene rings is 2. The van der Waals surface area contributed by atoms with Gasteiger partial charge in [-0.3, -0.25) is 19.7 Å². The lowest BCUT2D eigenvalue weighted by atomic mass is 9.94. The molecule has 32 heavy (non-hydrogen) atoms. The number of nitrogens with zero attached hydrogens (tertiary/aromatic N) is 3. The highest BCUT2D eigenvalue weighted by molar-refractivity contribution is 6.46. The monoisotopic (exact) mass is 441 g/mol. The van der Waals surface area contributed by atoms with Crippen LogP contribution in [0.5, 0.6) is 11.5 Å². The van der Waals surface area contributed by atoms with E-state index in [1.165, 1.54) is 48.4 Å². The minimum Gasteiger partial charge on any atom is -0.507 e. The van der Waals surface area contributed by atoms with Crippen molar-refractivity contribution in [2.45, 2.75) is 6.04 Å². The van der Waals surface area contributed by atoms with Crippen LogP contribution in [0.25, 0.3) is 5.76 Å². The number of carbonyl (C=O) groups excluding carboxylic acids is 2. The van der Waals surface area contributed by atoms with Crippen molar-refractivity contribution in [1.82, 2.24) is 9.80 Å². The summed E-state index contributed by atoms with van der Waals surface area (Å²) in [4.78, 5) is 39.6. The van der Waals surface area contributed by atoms with Crippen LogP contribution in [0.4, 0.5) is 5.69 Å². The van der Waals surface area contributed by atoms with Crippen molar-refractivity contribution in [2.24, 2.45) is 0 Å². The van der Waals surface area contributed by atoms with Gasteiger partial charge in [-0.1, -0.05) is 12.1 Å². The summed E-state index contributed by atoms with van der Waals surface area (Å²) in [6.45, 7) is 0.572. The summed E-state index contributed by atoms with van der Waals surface area (Å²) >= 11 is 0. The number of ketones is 1. The van der Waals surface area contributed by atoms with Crippen molar-refractivity contribution >= 4 is 23.1 Å². The van der Waals surface area contributed by atoms with E-state index in [0.717, 1.165) is 0 Å². The van der Waals surface area contributed by atoms with Crippen molar-refractivity contribution in [3.8, 4) is 11.5 Å². The molecular weight excluding hydrogens is 418 g/mol. The Labute approximate surface area is 184 Å². The zero-order valence-corrected chi connectivity index (χ0v) is 17.8. The molecule has 10 heteroatoms. The van der Waals surface area contributed by atoms with Crippen molar-refractivity contribution in [2.75, 3.05) is 34.3 Å². The average molecular weight is 441 g/mol. The second-order valence-electron chi connectivity index (χ2n) is 7.53. The number of hydrogen-bond donors (Lipinski definition) is 2. The molecule has 1 amide bonds. The van der Waals surface area contributed by atoms with E-state index < -0.39 is 28.4 Å². The summed E-state index contributed by atoms with van der Waals surface area (Å²) in [6, 6.07) is 8.61. The van der Waals surface area contributed by atoms with E-state index in [0.29, 0.717) is 17.9 Å². The number of aliphatic hydroxyl groups is 1. The predicted octanol–water partition coefficient (Wildman–Crippen LogP) is 2.29. The Bertz CT molecular complexity index is 1110. The molecule has 1 fully saturated rings. The Kier molecular flexibility index (Phi) is 6.45. The highest BCUT2D eigenvalue weighted by atomic mass is 16.6. The second-order valence-corrected chi connectivity index (χ2v) is 7.53. The number of carbonyl (C=O) groups is 2. The first kappa shape index (κ1) is 22.8. The third kappa shape index (κ3) is 4.26. The number of aromatic hydroxyl groups is 1. The number of nitro benzene ring substituents is 1. The van der Waals surface area contributed by atoms with Crippen molar-refractivity contribution in [3.63, 3.8) is 0 Å². The lowest BCUT2D eigenvalue weighted by Gasteiger charge is -2.26. The van der Waals surface area contributed by atoms with Gasteiger partial charge < -0.3 is 24.7 Å². The van der Waals surface area contributed by atoms with Gasteiger partial charge in [0.25, 0.3) is 17.4 Å². The van der Waals surface area contributed by atoms with E-state index in [-0.39, 0.29) is 29.1 Å². The number of amides is 1. The van der Waals surface area contributed by atoms with Gasteiger partial charge in [0.1, 0.15) is 17.3 Å². The highest BCUT2D eigenvalue weighted by Gasteiger charge is 2.46. The van der Waals surface area contributed by atoms with Crippen LogP contribution in [-0.4, -0.2) is 70.9 Å². The maximum absolute atomic E-state index is 12.9. The van der Waals surface area contributed by atoms with E-state index in [1.54, 1.807) is 20.2 Å². The molecule has 0 aromatic heterocycles. The fourth-order valence-electron chi connectivity index (χ4n) is 3.56. The fourth-order valence-corrected chi connectivity index (χ4v) is 3.56. The molecule has 0 saturated carbocycles. The number of nitro groups is 1. The van der Waals surface area contributed by atoms with Crippen LogP contribution in [0.3, 0.4) is 0 Å². The molecular formula is C22H23N3O7. The predicted molar refractivity (Wildman–Crippen MR) is 115 cm³/mol. The number of rotatable bonds is 7. The summed E-state index contributed by atoms with van der Waals surface area (Å²) in [7, 11) is 5.01. The summed E-state index contributed by atoms with van der Waals surface area (Å²) in [5, 5.41) is 32.6. The molecule has 1 atom stereocenters. The van der Waals surface area contributed by atoms with Gasteiger partial charge in [0.05, 0.1) is 29.2 Å². The number of ether oxygens (including phenoxy) is 1. The van der Waals surface area contributed by atoms with Crippen LogP contribution in [-0.2, 0) is 9.59 Å². The van der Waals surface area contributed by atoms with Crippen LogP contribution in [0, 0.1) is 10.1 Å². The minimum absolute atomic E-state index is 0.0631. The number of Topliss-reactive ketones (excluding diaryl/α,β-unsaturated/α-hetero) is 1. The zero-order chi connectivity index (χ0) is 23.6. The van der Waals surface area contributed by atoms with Gasteiger partial charge in [0.15, 0.2) is 0 Å². The Hall–Kier alpha value is -3.92. The van der Waals surface area contributed by atoms with E-state index >= 15 is 0 Å². The third-order valence-corrected chi connectivity index (χ3v) is 5.18. The molecule has 168 valence electrons. The molecule has 1 aliphatic rings. The molecule has 0 bridgehead atoms. The quantitative estimate of drug-likeness (QED) is 0.220. The Morgan fingerprint density at radius 3 is 2.53 bits per heavy atom. The zero-order valence-electron chi connectivity index (χ0n) is 17.8. The van der Waals surface area contributed by atoms with Crippen LogP contribution < -0.4 is 4.74 Å². The molecule has 1 heterocycles. The van der Waals surface area contributed by atoms with Gasteiger partial charge in [-0.2, -0.15) is 0 Å². The fraction of sp³-hybridized carbons (Fsp3) is 0.273. The number of hydrogen-bond acceptors (Lipinski definition) is 8.